The molecule has 1 fully saturated rings. The number of carbonyl (C=O) groups excluding carboxylic acids is 4. The van der Waals surface area contributed by atoms with Gasteiger partial charge in [-0.2, -0.15) is 5.26 Å². The fraction of sp³-hybridized carbons (Fsp3) is 0.475. The largest absolute Gasteiger partial charge is 0.492 e. The Bertz CT molecular complexity index is 2340. The van der Waals surface area contributed by atoms with Crippen LogP contribution < -0.4 is 4.74 Å². The molecule has 3 aromatic carbocycles. The molecule has 10 nitrogen and oxygen atoms in total. The zero-order valence-corrected chi connectivity index (χ0v) is 42.5. The lowest BCUT2D eigenvalue weighted by molar-refractivity contribution is -0.159. The molecule has 11 heteroatoms. The molecule has 4 rings (SSSR count). The van der Waals surface area contributed by atoms with E-state index in [1.807, 2.05) is 36.4 Å². The maximum absolute atomic E-state index is 16.1. The van der Waals surface area contributed by atoms with Crippen molar-refractivity contribution in [2.75, 3.05) is 33.0 Å². The summed E-state index contributed by atoms with van der Waals surface area (Å²) in [5.74, 6) is -1.27. The zero-order valence-electron chi connectivity index (χ0n) is 42.5. The molecular weight excluding hydrogens is 886 g/mol. The standard InChI is InChI=1S/C59H74FNO9/c1-11-13-14-18-43-21-23-45(24-22-43)46-25-28-52(53(60)34-46)47-26-27-51(44(12-2)31-47)50-32-48(19-15-16-29-61)54(49(33-50)20-17-30-66-55(62)39(3)4)67-35-59(36-68-56(63)40(5)6,37-69-57(64)41(7)8)38-70-58(65)42(9)10/h25-28,31-34,43,45H,3,5,7,9,11-24,30,35-38H2,1-2,4,6,8,10H3. The molecule has 0 amide bonds. The summed E-state index contributed by atoms with van der Waals surface area (Å²) in [7, 11) is 0. The number of benzene rings is 3. The molecule has 0 atom stereocenters. The summed E-state index contributed by atoms with van der Waals surface area (Å²) in [5.41, 5.74) is 5.90. The molecule has 0 aliphatic heterocycles. The number of carbonyl (C=O) groups is 4. The Balaban J connectivity index is 1.79. The molecule has 376 valence electrons. The van der Waals surface area contributed by atoms with Crippen molar-refractivity contribution >= 4 is 23.9 Å². The number of ether oxygens (including phenoxy) is 5. The Morgan fingerprint density at radius 2 is 1.17 bits per heavy atom. The van der Waals surface area contributed by atoms with E-state index >= 15 is 4.39 Å². The van der Waals surface area contributed by atoms with Gasteiger partial charge < -0.3 is 23.7 Å². The average Bonchev–Trinajstić information content (AvgIpc) is 3.34. The maximum atomic E-state index is 16.1. The van der Waals surface area contributed by atoms with Crippen LogP contribution in [0.4, 0.5) is 4.39 Å². The minimum Gasteiger partial charge on any atom is -0.492 e. The van der Waals surface area contributed by atoms with Crippen molar-refractivity contribution in [1.82, 2.24) is 0 Å². The number of hydrogen-bond donors (Lipinski definition) is 0. The first kappa shape index (κ1) is 56.3. The third kappa shape index (κ3) is 16.7. The van der Waals surface area contributed by atoms with Gasteiger partial charge in [-0.05, 0) is 154 Å². The van der Waals surface area contributed by atoms with Crippen molar-refractivity contribution in [3.05, 3.63) is 125 Å². The molecule has 3 aromatic rings. The summed E-state index contributed by atoms with van der Waals surface area (Å²) in [6.07, 6.45) is 12.3. The van der Waals surface area contributed by atoms with E-state index in [4.69, 9.17) is 23.7 Å². The van der Waals surface area contributed by atoms with Crippen LogP contribution in [0.1, 0.15) is 140 Å². The molecule has 0 unspecified atom stereocenters. The van der Waals surface area contributed by atoms with Crippen LogP contribution in [0, 0.1) is 28.5 Å². The third-order valence-electron chi connectivity index (χ3n) is 12.9. The topological polar surface area (TPSA) is 138 Å². The number of hydrogen-bond acceptors (Lipinski definition) is 10. The smallest absolute Gasteiger partial charge is 0.333 e. The second kappa shape index (κ2) is 27.8. The first-order valence-corrected chi connectivity index (χ1v) is 24.8. The Hall–Kier alpha value is -6.28. The summed E-state index contributed by atoms with van der Waals surface area (Å²) in [6, 6.07) is 18.0. The summed E-state index contributed by atoms with van der Waals surface area (Å²) in [6.45, 7) is 23.7. The van der Waals surface area contributed by atoms with E-state index in [1.54, 1.807) is 13.0 Å². The van der Waals surface area contributed by atoms with Crippen LogP contribution in [0.2, 0.25) is 0 Å². The predicted molar refractivity (Wildman–Crippen MR) is 273 cm³/mol. The normalized spacial score (nSPS) is 14.4. The van der Waals surface area contributed by atoms with Crippen molar-refractivity contribution in [2.45, 2.75) is 137 Å². The Labute approximate surface area is 416 Å². The number of halogens is 1. The van der Waals surface area contributed by atoms with Crippen LogP contribution in [0.15, 0.2) is 97.1 Å². The number of nitrogens with zero attached hydrogens (tertiary/aromatic N) is 1. The van der Waals surface area contributed by atoms with Gasteiger partial charge in [-0.1, -0.05) is 96.2 Å². The molecule has 0 N–H and O–H groups in total. The molecule has 0 saturated heterocycles. The number of nitriles is 1. The zero-order chi connectivity index (χ0) is 51.4. The number of unbranched alkanes of at least 4 members (excludes halogenated alkanes) is 3. The van der Waals surface area contributed by atoms with Crippen LogP contribution in [0.5, 0.6) is 5.75 Å². The Morgan fingerprint density at radius 1 is 0.643 bits per heavy atom. The molecule has 1 aliphatic carbocycles. The van der Waals surface area contributed by atoms with E-state index in [-0.39, 0.29) is 47.7 Å². The highest BCUT2D eigenvalue weighted by Gasteiger charge is 2.38. The highest BCUT2D eigenvalue weighted by atomic mass is 19.1. The van der Waals surface area contributed by atoms with Crippen molar-refractivity contribution in [3.63, 3.8) is 0 Å². The SMILES string of the molecule is C=C(C)C(=O)OCCCc1cc(-c2ccc(-c3ccc(C4CCC(CCCCC)CC4)cc3F)cc2CC)cc(CCCC#N)c1OCC(COC(=O)C(=C)C)(COC(=O)C(=C)C)COC(=O)C(=C)C. The van der Waals surface area contributed by atoms with Crippen LogP contribution in [0.3, 0.4) is 0 Å². The molecule has 1 aliphatic rings. The van der Waals surface area contributed by atoms with Gasteiger partial charge >= 0.3 is 23.9 Å². The lowest BCUT2D eigenvalue weighted by Gasteiger charge is -2.33. The van der Waals surface area contributed by atoms with E-state index in [1.165, 1.54) is 59.3 Å². The molecule has 0 bridgehead atoms. The molecule has 0 radical (unpaired) electrons. The van der Waals surface area contributed by atoms with Gasteiger partial charge in [0.25, 0.3) is 0 Å². The van der Waals surface area contributed by atoms with E-state index in [9.17, 15) is 24.4 Å². The molecular formula is C59H74FNO9. The highest BCUT2D eigenvalue weighted by molar-refractivity contribution is 5.88. The third-order valence-corrected chi connectivity index (χ3v) is 12.9. The van der Waals surface area contributed by atoms with E-state index in [2.05, 4.69) is 52.3 Å². The summed E-state index contributed by atoms with van der Waals surface area (Å²) >= 11 is 0. The van der Waals surface area contributed by atoms with Gasteiger partial charge in [-0.3, -0.25) is 0 Å². The predicted octanol–water partition coefficient (Wildman–Crippen LogP) is 13.2. The summed E-state index contributed by atoms with van der Waals surface area (Å²) in [4.78, 5) is 50.8. The van der Waals surface area contributed by atoms with Crippen molar-refractivity contribution in [2.24, 2.45) is 11.3 Å². The highest BCUT2D eigenvalue weighted by Crippen LogP contribution is 2.41. The van der Waals surface area contributed by atoms with Crippen molar-refractivity contribution in [1.29, 1.82) is 5.26 Å². The van der Waals surface area contributed by atoms with Crippen LogP contribution in [0.25, 0.3) is 22.3 Å². The monoisotopic (exact) mass is 960 g/mol. The number of aryl methyl sites for hydroxylation is 3. The van der Waals surface area contributed by atoms with Gasteiger partial charge in [0.2, 0.25) is 0 Å². The summed E-state index contributed by atoms with van der Waals surface area (Å²) < 4.78 is 45.3. The van der Waals surface area contributed by atoms with Crippen LogP contribution in [-0.2, 0) is 57.4 Å². The van der Waals surface area contributed by atoms with Crippen LogP contribution in [-0.4, -0.2) is 56.9 Å². The van der Waals surface area contributed by atoms with Gasteiger partial charge in [0.15, 0.2) is 0 Å². The second-order valence-electron chi connectivity index (χ2n) is 19.2. The van der Waals surface area contributed by atoms with Gasteiger partial charge in [-0.25, -0.2) is 23.6 Å². The Morgan fingerprint density at radius 3 is 1.69 bits per heavy atom. The van der Waals surface area contributed by atoms with Gasteiger partial charge in [-0.15, -0.1) is 0 Å². The lowest BCUT2D eigenvalue weighted by atomic mass is 9.77. The van der Waals surface area contributed by atoms with Gasteiger partial charge in [0.1, 0.15) is 43.4 Å². The average molecular weight is 960 g/mol. The van der Waals surface area contributed by atoms with Crippen LogP contribution >= 0.6 is 0 Å². The maximum Gasteiger partial charge on any atom is 0.333 e. The first-order chi connectivity index (χ1) is 33.4. The van der Waals surface area contributed by atoms with E-state index in [0.29, 0.717) is 49.3 Å². The molecule has 0 heterocycles. The molecule has 1 saturated carbocycles. The quantitative estimate of drug-likeness (QED) is 0.0299. The second-order valence-corrected chi connectivity index (χ2v) is 19.2. The molecule has 0 spiro atoms. The Kier molecular flexibility index (Phi) is 22.4. The summed E-state index contributed by atoms with van der Waals surface area (Å²) in [5, 5.41) is 9.60. The van der Waals surface area contributed by atoms with Crippen molar-refractivity contribution in [3.8, 4) is 34.1 Å². The number of rotatable bonds is 28. The van der Waals surface area contributed by atoms with E-state index < -0.39 is 49.1 Å². The first-order valence-electron chi connectivity index (χ1n) is 24.8. The fourth-order valence-corrected chi connectivity index (χ4v) is 8.70. The van der Waals surface area contributed by atoms with E-state index in [0.717, 1.165) is 57.7 Å². The minimum absolute atomic E-state index is 0.0905. The molecule has 0 aromatic heterocycles. The minimum atomic E-state index is -1.44. The lowest BCUT2D eigenvalue weighted by Crippen LogP contribution is -2.44. The fourth-order valence-electron chi connectivity index (χ4n) is 8.70. The molecule has 70 heavy (non-hydrogen) atoms. The van der Waals surface area contributed by atoms with Crippen molar-refractivity contribution < 1.29 is 47.3 Å². The van der Waals surface area contributed by atoms with Gasteiger partial charge in [0, 0.05) is 34.3 Å². The van der Waals surface area contributed by atoms with Gasteiger partial charge in [0.05, 0.1) is 12.7 Å². The number of esters is 4.